The average molecular weight is 246 g/mol. The van der Waals surface area contributed by atoms with Crippen molar-refractivity contribution in [1.29, 1.82) is 0 Å². The van der Waals surface area contributed by atoms with Gasteiger partial charge in [-0.05, 0) is 24.3 Å². The molecule has 1 aromatic carbocycles. The van der Waals surface area contributed by atoms with Gasteiger partial charge in [-0.15, -0.1) is 0 Å². The van der Waals surface area contributed by atoms with E-state index in [1.807, 2.05) is 0 Å². The normalized spacial score (nSPS) is 11.0. The number of hydrogen-bond acceptors (Lipinski definition) is 3. The van der Waals surface area contributed by atoms with Crippen LogP contribution in [0.2, 0.25) is 5.02 Å². The summed E-state index contributed by atoms with van der Waals surface area (Å²) in [4.78, 5) is 0. The summed E-state index contributed by atoms with van der Waals surface area (Å²) in [6, 6.07) is 7.07. The van der Waals surface area contributed by atoms with E-state index in [9.17, 15) is 8.42 Å². The molecule has 0 heterocycles. The Morgan fingerprint density at radius 3 is 2.47 bits per heavy atom. The third-order valence-corrected chi connectivity index (χ3v) is 3.35. The smallest absolute Gasteiger partial charge is 0.172 e. The van der Waals surface area contributed by atoms with Crippen LogP contribution in [0.4, 0.5) is 5.69 Å². The lowest BCUT2D eigenvalue weighted by atomic mass is 10.3. The Labute approximate surface area is 94.7 Å². The number of hydrogen-bond donors (Lipinski definition) is 1. The Balaban J connectivity index is 2.45. The van der Waals surface area contributed by atoms with Crippen LogP contribution in [0.25, 0.3) is 0 Å². The summed E-state index contributed by atoms with van der Waals surface area (Å²) in [7, 11) is -3.12. The van der Waals surface area contributed by atoms with Crippen LogP contribution in [0.15, 0.2) is 36.3 Å². The number of nitrogens with one attached hydrogen (secondary N) is 1. The predicted molar refractivity (Wildman–Crippen MR) is 63.9 cm³/mol. The lowest BCUT2D eigenvalue weighted by Gasteiger charge is -2.05. The minimum atomic E-state index is -3.12. The molecule has 0 atom stereocenters. The first-order chi connectivity index (χ1) is 7.03. The number of anilines is 1. The zero-order chi connectivity index (χ0) is 11.3. The lowest BCUT2D eigenvalue weighted by Crippen LogP contribution is -2.13. The molecule has 1 rings (SSSR count). The molecule has 0 spiro atoms. The third kappa shape index (κ3) is 4.36. The van der Waals surface area contributed by atoms with Crippen molar-refractivity contribution in [2.45, 2.75) is 0 Å². The topological polar surface area (TPSA) is 46.2 Å². The van der Waals surface area contributed by atoms with Gasteiger partial charge in [0.25, 0.3) is 0 Å². The predicted octanol–water partition coefficient (Wildman–Crippen LogP) is 2.31. The molecule has 0 saturated carbocycles. The van der Waals surface area contributed by atoms with E-state index in [2.05, 4.69) is 11.9 Å². The van der Waals surface area contributed by atoms with Gasteiger partial charge in [0, 0.05) is 22.7 Å². The molecule has 0 aliphatic carbocycles. The van der Waals surface area contributed by atoms with E-state index in [0.717, 1.165) is 11.1 Å². The molecule has 0 radical (unpaired) electrons. The fraction of sp³-hybridized carbons (Fsp3) is 0.200. The fourth-order valence-corrected chi connectivity index (χ4v) is 1.67. The quantitative estimate of drug-likeness (QED) is 0.866. The fourth-order valence-electron chi connectivity index (χ4n) is 0.989. The molecule has 1 N–H and O–H groups in total. The van der Waals surface area contributed by atoms with Crippen molar-refractivity contribution in [2.75, 3.05) is 17.6 Å². The molecule has 3 nitrogen and oxygen atoms in total. The van der Waals surface area contributed by atoms with Gasteiger partial charge in [0.05, 0.1) is 5.75 Å². The van der Waals surface area contributed by atoms with E-state index in [0.29, 0.717) is 11.6 Å². The van der Waals surface area contributed by atoms with Crippen LogP contribution in [0.5, 0.6) is 0 Å². The lowest BCUT2D eigenvalue weighted by molar-refractivity contribution is 0.605. The van der Waals surface area contributed by atoms with Crippen molar-refractivity contribution in [2.24, 2.45) is 0 Å². The summed E-state index contributed by atoms with van der Waals surface area (Å²) in [6.07, 6.45) is 0. The summed E-state index contributed by atoms with van der Waals surface area (Å²) in [5.41, 5.74) is 0.846. The SMILES string of the molecule is C=CS(=O)(=O)CCNc1ccc(Cl)cc1. The zero-order valence-corrected chi connectivity index (χ0v) is 9.68. The largest absolute Gasteiger partial charge is 0.384 e. The first-order valence-corrected chi connectivity index (χ1v) is 6.47. The third-order valence-electron chi connectivity index (χ3n) is 1.81. The van der Waals surface area contributed by atoms with E-state index >= 15 is 0 Å². The van der Waals surface area contributed by atoms with Gasteiger partial charge < -0.3 is 5.32 Å². The van der Waals surface area contributed by atoms with E-state index < -0.39 is 9.84 Å². The van der Waals surface area contributed by atoms with E-state index in [-0.39, 0.29) is 5.75 Å². The monoisotopic (exact) mass is 245 g/mol. The van der Waals surface area contributed by atoms with Gasteiger partial charge in [0.2, 0.25) is 0 Å². The molecule has 1 aromatic rings. The molecule has 5 heteroatoms. The van der Waals surface area contributed by atoms with Crippen molar-refractivity contribution in [3.05, 3.63) is 41.3 Å². The molecule has 15 heavy (non-hydrogen) atoms. The molecule has 0 bridgehead atoms. The Kier molecular flexibility index (Phi) is 4.17. The number of halogens is 1. The van der Waals surface area contributed by atoms with Crippen molar-refractivity contribution in [3.8, 4) is 0 Å². The van der Waals surface area contributed by atoms with Gasteiger partial charge in [-0.2, -0.15) is 0 Å². The Bertz CT molecular complexity index is 425. The average Bonchev–Trinajstić information content (AvgIpc) is 2.21. The summed E-state index contributed by atoms with van der Waals surface area (Å²) in [5, 5.41) is 4.60. The minimum Gasteiger partial charge on any atom is -0.384 e. The van der Waals surface area contributed by atoms with Crippen LogP contribution in [0.3, 0.4) is 0 Å². The van der Waals surface area contributed by atoms with Gasteiger partial charge in [-0.1, -0.05) is 18.2 Å². The Hall–Kier alpha value is -1.00. The molecular weight excluding hydrogens is 234 g/mol. The number of benzene rings is 1. The molecule has 0 unspecified atom stereocenters. The Morgan fingerprint density at radius 1 is 1.33 bits per heavy atom. The first-order valence-electron chi connectivity index (χ1n) is 4.38. The van der Waals surface area contributed by atoms with Gasteiger partial charge in [-0.25, -0.2) is 8.42 Å². The highest BCUT2D eigenvalue weighted by molar-refractivity contribution is 7.94. The van der Waals surface area contributed by atoms with Crippen LogP contribution in [-0.4, -0.2) is 20.7 Å². The van der Waals surface area contributed by atoms with Gasteiger partial charge in [-0.3, -0.25) is 0 Å². The maximum absolute atomic E-state index is 11.1. The van der Waals surface area contributed by atoms with Crippen LogP contribution >= 0.6 is 11.6 Å². The van der Waals surface area contributed by atoms with Gasteiger partial charge in [0.15, 0.2) is 9.84 Å². The molecule has 82 valence electrons. The standard InChI is InChI=1S/C10H12ClNO2S/c1-2-15(13,14)8-7-12-10-5-3-9(11)4-6-10/h2-6,12H,1,7-8H2. The van der Waals surface area contributed by atoms with Gasteiger partial charge in [0.1, 0.15) is 0 Å². The Morgan fingerprint density at radius 2 is 1.93 bits per heavy atom. The van der Waals surface area contributed by atoms with Crippen molar-refractivity contribution >= 4 is 27.1 Å². The number of sulfone groups is 1. The van der Waals surface area contributed by atoms with Gasteiger partial charge >= 0.3 is 0 Å². The molecular formula is C10H12ClNO2S. The molecule has 0 aromatic heterocycles. The zero-order valence-electron chi connectivity index (χ0n) is 8.11. The maximum atomic E-state index is 11.1. The first kappa shape index (κ1) is 12.1. The summed E-state index contributed by atoms with van der Waals surface area (Å²) < 4.78 is 22.1. The summed E-state index contributed by atoms with van der Waals surface area (Å²) in [5.74, 6) is 0.0408. The van der Waals surface area contributed by atoms with Crippen LogP contribution < -0.4 is 5.32 Å². The molecule has 0 amide bonds. The van der Waals surface area contributed by atoms with Crippen molar-refractivity contribution in [1.82, 2.24) is 0 Å². The summed E-state index contributed by atoms with van der Waals surface area (Å²) >= 11 is 5.70. The highest BCUT2D eigenvalue weighted by Crippen LogP contribution is 2.12. The maximum Gasteiger partial charge on any atom is 0.172 e. The van der Waals surface area contributed by atoms with Crippen LogP contribution in [0.1, 0.15) is 0 Å². The van der Waals surface area contributed by atoms with E-state index in [4.69, 9.17) is 11.6 Å². The van der Waals surface area contributed by atoms with Crippen molar-refractivity contribution in [3.63, 3.8) is 0 Å². The van der Waals surface area contributed by atoms with Crippen LogP contribution in [-0.2, 0) is 9.84 Å². The van der Waals surface area contributed by atoms with Crippen LogP contribution in [0, 0.1) is 0 Å². The second-order valence-electron chi connectivity index (χ2n) is 2.97. The highest BCUT2D eigenvalue weighted by Gasteiger charge is 2.03. The molecule has 0 aliphatic heterocycles. The second-order valence-corrected chi connectivity index (χ2v) is 5.47. The molecule has 0 saturated heterocycles. The van der Waals surface area contributed by atoms with E-state index in [1.165, 1.54) is 0 Å². The summed E-state index contributed by atoms with van der Waals surface area (Å²) in [6.45, 7) is 3.59. The highest BCUT2D eigenvalue weighted by atomic mass is 35.5. The van der Waals surface area contributed by atoms with Crippen molar-refractivity contribution < 1.29 is 8.42 Å². The number of rotatable bonds is 5. The molecule has 0 aliphatic rings. The second kappa shape index (κ2) is 5.19. The molecule has 0 fully saturated rings. The minimum absolute atomic E-state index is 0.0408. The van der Waals surface area contributed by atoms with E-state index in [1.54, 1.807) is 24.3 Å².